The molecule has 0 aliphatic carbocycles. The zero-order valence-corrected chi connectivity index (χ0v) is 22.5. The number of rotatable bonds is 6. The van der Waals surface area contributed by atoms with Gasteiger partial charge in [0.15, 0.2) is 0 Å². The highest BCUT2D eigenvalue weighted by molar-refractivity contribution is 5.98. The van der Waals surface area contributed by atoms with Crippen LogP contribution in [0.15, 0.2) is 79.3 Å². The smallest absolute Gasteiger partial charge is 0.224 e. The van der Waals surface area contributed by atoms with Crippen LogP contribution in [0.1, 0.15) is 37.0 Å². The minimum Gasteiger partial charge on any atom is -0.348 e. The van der Waals surface area contributed by atoms with Gasteiger partial charge in [0.05, 0.1) is 23.1 Å². The van der Waals surface area contributed by atoms with Gasteiger partial charge in [-0.3, -0.25) is 14.9 Å². The lowest BCUT2D eigenvalue weighted by atomic mass is 9.97. The van der Waals surface area contributed by atoms with Crippen LogP contribution in [0, 0.1) is 18.7 Å². The van der Waals surface area contributed by atoms with Crippen molar-refractivity contribution >= 4 is 33.9 Å². The molecule has 6 rings (SSSR count). The summed E-state index contributed by atoms with van der Waals surface area (Å²) in [6.45, 7) is 6.07. The highest BCUT2D eigenvalue weighted by Crippen LogP contribution is 2.38. The maximum absolute atomic E-state index is 14.7. The summed E-state index contributed by atoms with van der Waals surface area (Å²) in [5.41, 5.74) is 8.19. The lowest BCUT2D eigenvalue weighted by Crippen LogP contribution is -2.13. The number of hydrogen-bond donors (Lipinski definition) is 4. The molecule has 4 heterocycles. The van der Waals surface area contributed by atoms with Crippen LogP contribution in [0.2, 0.25) is 0 Å². The highest BCUT2D eigenvalue weighted by Gasteiger charge is 2.21. The second-order valence-corrected chi connectivity index (χ2v) is 10.4. The van der Waals surface area contributed by atoms with E-state index >= 15 is 0 Å². The lowest BCUT2D eigenvalue weighted by Gasteiger charge is -2.10. The molecular formula is C32H29FN6O. The Morgan fingerprint density at radius 1 is 1.05 bits per heavy atom. The van der Waals surface area contributed by atoms with Crippen LogP contribution >= 0.6 is 0 Å². The van der Waals surface area contributed by atoms with Crippen molar-refractivity contribution in [3.63, 3.8) is 0 Å². The van der Waals surface area contributed by atoms with Crippen molar-refractivity contribution in [2.45, 2.75) is 27.2 Å². The molecule has 0 saturated heterocycles. The number of allylic oxidation sites excluding steroid dienone is 2. The standard InChI is InChI=1S/C32H29FN6O/c1-18(2)11-30(40)36-21-13-20(16-34-17-21)24-14-26-28(12-19(24)3)38-39-31(26)29-15-25-22(8-6-10-35-32(25)37-29)23-7-4-5-9-27(23)33/h4-10,12-18,35,37H,11H2,1-3H3,(H,36,40)(H,38,39). The average molecular weight is 533 g/mol. The number of carbonyl (C=O) groups is 1. The molecular weight excluding hydrogens is 503 g/mol. The number of anilines is 2. The predicted molar refractivity (Wildman–Crippen MR) is 158 cm³/mol. The summed E-state index contributed by atoms with van der Waals surface area (Å²) in [6.07, 6.45) is 9.49. The summed E-state index contributed by atoms with van der Waals surface area (Å²) in [6, 6.07) is 14.9. The second-order valence-electron chi connectivity index (χ2n) is 10.4. The first kappa shape index (κ1) is 25.3. The number of aromatic nitrogens is 4. The number of nitrogens with zero attached hydrogens (tertiary/aromatic N) is 2. The summed E-state index contributed by atoms with van der Waals surface area (Å²) >= 11 is 0. The normalized spacial score (nSPS) is 12.7. The van der Waals surface area contributed by atoms with Gasteiger partial charge in [0, 0.05) is 40.9 Å². The van der Waals surface area contributed by atoms with E-state index in [4.69, 9.17) is 0 Å². The van der Waals surface area contributed by atoms with Gasteiger partial charge in [0.2, 0.25) is 5.91 Å². The summed E-state index contributed by atoms with van der Waals surface area (Å²) in [7, 11) is 0. The number of hydrogen-bond acceptors (Lipinski definition) is 4. The number of fused-ring (bicyclic) bond motifs is 2. The molecule has 8 heteroatoms. The summed E-state index contributed by atoms with van der Waals surface area (Å²) in [5.74, 6) is 0.722. The number of benzene rings is 2. The van der Waals surface area contributed by atoms with Crippen molar-refractivity contribution in [2.75, 3.05) is 10.6 Å². The van der Waals surface area contributed by atoms with Crippen LogP contribution in [0.25, 0.3) is 39.0 Å². The van der Waals surface area contributed by atoms with E-state index in [0.717, 1.165) is 55.9 Å². The van der Waals surface area contributed by atoms with E-state index in [1.807, 2.05) is 57.3 Å². The first-order valence-electron chi connectivity index (χ1n) is 13.2. The minimum absolute atomic E-state index is 0.0305. The Bertz CT molecular complexity index is 1810. The third-order valence-electron chi connectivity index (χ3n) is 6.95. The third kappa shape index (κ3) is 4.80. The monoisotopic (exact) mass is 532 g/mol. The molecule has 1 aliphatic rings. The van der Waals surface area contributed by atoms with Crippen molar-refractivity contribution < 1.29 is 9.18 Å². The van der Waals surface area contributed by atoms with Gasteiger partial charge < -0.3 is 15.6 Å². The SMILES string of the molecule is Cc1cc2[nH]nc(-c3cc4c([nH]3)NC=CC=C4c3ccccc3F)c2cc1-c1cncc(NC(=O)CC(C)C)c1. The maximum Gasteiger partial charge on any atom is 0.224 e. The number of amides is 1. The Hall–Kier alpha value is -4.98. The van der Waals surface area contributed by atoms with Crippen molar-refractivity contribution in [3.05, 3.63) is 102 Å². The molecule has 200 valence electrons. The van der Waals surface area contributed by atoms with Crippen LogP contribution in [0.3, 0.4) is 0 Å². The topological polar surface area (TPSA) is 98.5 Å². The molecule has 40 heavy (non-hydrogen) atoms. The molecule has 0 atom stereocenters. The molecule has 1 aliphatic heterocycles. The highest BCUT2D eigenvalue weighted by atomic mass is 19.1. The molecule has 7 nitrogen and oxygen atoms in total. The first-order valence-corrected chi connectivity index (χ1v) is 13.2. The zero-order chi connectivity index (χ0) is 27.8. The maximum atomic E-state index is 14.7. The van der Waals surface area contributed by atoms with Gasteiger partial charge in [0.25, 0.3) is 0 Å². The molecule has 0 unspecified atom stereocenters. The largest absolute Gasteiger partial charge is 0.348 e. The van der Waals surface area contributed by atoms with Crippen LogP contribution in [-0.4, -0.2) is 26.1 Å². The Kier molecular flexibility index (Phi) is 6.51. The summed E-state index contributed by atoms with van der Waals surface area (Å²) in [4.78, 5) is 20.2. The number of halogens is 1. The van der Waals surface area contributed by atoms with Gasteiger partial charge in [-0.2, -0.15) is 5.10 Å². The predicted octanol–water partition coefficient (Wildman–Crippen LogP) is 7.42. The van der Waals surface area contributed by atoms with Gasteiger partial charge >= 0.3 is 0 Å². The van der Waals surface area contributed by atoms with Gasteiger partial charge in [-0.25, -0.2) is 4.39 Å². The van der Waals surface area contributed by atoms with Gasteiger partial charge in [-0.15, -0.1) is 0 Å². The number of aromatic amines is 2. The van der Waals surface area contributed by atoms with E-state index in [9.17, 15) is 9.18 Å². The Morgan fingerprint density at radius 2 is 1.90 bits per heavy atom. The Morgan fingerprint density at radius 3 is 2.73 bits per heavy atom. The fourth-order valence-corrected chi connectivity index (χ4v) is 5.12. The number of carbonyl (C=O) groups excluding carboxylic acids is 1. The summed E-state index contributed by atoms with van der Waals surface area (Å²) in [5, 5.41) is 14.9. The molecule has 0 bridgehead atoms. The Balaban J connectivity index is 1.40. The number of aryl methyl sites for hydroxylation is 1. The zero-order valence-electron chi connectivity index (χ0n) is 22.5. The van der Waals surface area contributed by atoms with Crippen molar-refractivity contribution in [3.8, 4) is 22.5 Å². The fourth-order valence-electron chi connectivity index (χ4n) is 5.12. The van der Waals surface area contributed by atoms with E-state index in [1.165, 1.54) is 6.07 Å². The molecule has 0 radical (unpaired) electrons. The number of nitrogens with one attached hydrogen (secondary N) is 4. The molecule has 3 aromatic heterocycles. The molecule has 0 saturated carbocycles. The van der Waals surface area contributed by atoms with E-state index in [2.05, 4.69) is 42.9 Å². The minimum atomic E-state index is -0.278. The molecule has 4 N–H and O–H groups in total. The van der Waals surface area contributed by atoms with E-state index in [0.29, 0.717) is 17.7 Å². The van der Waals surface area contributed by atoms with Crippen molar-refractivity contribution in [1.82, 2.24) is 20.2 Å². The third-order valence-corrected chi connectivity index (χ3v) is 6.95. The molecule has 1 amide bonds. The molecule has 2 aromatic carbocycles. The quantitative estimate of drug-likeness (QED) is 0.183. The lowest BCUT2D eigenvalue weighted by molar-refractivity contribution is -0.116. The number of H-pyrrole nitrogens is 2. The molecule has 5 aromatic rings. The van der Waals surface area contributed by atoms with E-state index < -0.39 is 0 Å². The van der Waals surface area contributed by atoms with E-state index in [-0.39, 0.29) is 17.6 Å². The van der Waals surface area contributed by atoms with Gasteiger partial charge in [-0.05, 0) is 65.9 Å². The molecule has 0 spiro atoms. The van der Waals surface area contributed by atoms with Crippen molar-refractivity contribution in [2.24, 2.45) is 5.92 Å². The second kappa shape index (κ2) is 10.3. The van der Waals surface area contributed by atoms with Crippen molar-refractivity contribution in [1.29, 1.82) is 0 Å². The Labute approximate surface area is 231 Å². The van der Waals surface area contributed by atoms with E-state index in [1.54, 1.807) is 24.5 Å². The van der Waals surface area contributed by atoms with Gasteiger partial charge in [0.1, 0.15) is 17.3 Å². The number of pyridine rings is 1. The summed E-state index contributed by atoms with van der Waals surface area (Å²) < 4.78 is 14.7. The average Bonchev–Trinajstić information content (AvgIpc) is 3.47. The van der Waals surface area contributed by atoms with Crippen LogP contribution in [0.5, 0.6) is 0 Å². The van der Waals surface area contributed by atoms with Crippen LogP contribution in [0.4, 0.5) is 15.9 Å². The molecule has 0 fully saturated rings. The van der Waals surface area contributed by atoms with Crippen LogP contribution in [-0.2, 0) is 4.79 Å². The van der Waals surface area contributed by atoms with Gasteiger partial charge in [-0.1, -0.05) is 38.1 Å². The first-order chi connectivity index (χ1) is 19.4. The van der Waals surface area contributed by atoms with Crippen LogP contribution < -0.4 is 10.6 Å². The fraction of sp³-hybridized carbons (Fsp3) is 0.156.